The van der Waals surface area contributed by atoms with E-state index in [1.807, 2.05) is 0 Å². The number of alkyl halides is 2. The lowest BCUT2D eigenvalue weighted by molar-refractivity contribution is 0.0437. The first-order valence-corrected chi connectivity index (χ1v) is 3.11. The van der Waals surface area contributed by atoms with Crippen LogP contribution in [0.5, 0.6) is 0 Å². The summed E-state index contributed by atoms with van der Waals surface area (Å²) in [4.78, 5) is 0. The van der Waals surface area contributed by atoms with E-state index in [2.05, 4.69) is 20.8 Å². The molecule has 74 valence electrons. The highest BCUT2D eigenvalue weighted by atomic mass is 19.3. The Balaban J connectivity index is -0.0000000383. The highest BCUT2D eigenvalue weighted by Gasteiger charge is 2.08. The topological polar surface area (TPSA) is 0 Å². The van der Waals surface area contributed by atoms with Crippen LogP contribution in [0.4, 0.5) is 8.78 Å². The molecule has 0 atom stereocenters. The average Bonchev–Trinajstić information content (AvgIpc) is 1.19. The number of rotatable bonds is 0. The third kappa shape index (κ3) is 31100. The summed E-state index contributed by atoms with van der Waals surface area (Å²) in [6.07, 6.45) is 0. The maximum atomic E-state index is 11.0. The number of halogens is 2. The van der Waals surface area contributed by atoms with Crippen molar-refractivity contribution in [2.75, 3.05) is 0 Å². The fourth-order valence-corrected chi connectivity index (χ4v) is 0. The van der Waals surface area contributed by atoms with E-state index in [9.17, 15) is 8.78 Å². The van der Waals surface area contributed by atoms with Crippen molar-refractivity contribution >= 4 is 0 Å². The van der Waals surface area contributed by atoms with Crippen LogP contribution >= 0.6 is 0 Å². The van der Waals surface area contributed by atoms with Gasteiger partial charge in [-0.1, -0.05) is 35.6 Å². The second-order valence-corrected chi connectivity index (χ2v) is 3.06. The van der Waals surface area contributed by atoms with Crippen LogP contribution in [-0.2, 0) is 0 Å². The first-order valence-electron chi connectivity index (χ1n) is 3.11. The van der Waals surface area contributed by atoms with Crippen LogP contribution in [0, 0.1) is 5.92 Å². The standard InChI is InChI=1S/C4H10.C3H6F2.2CH4/c1-4(2)3;1-3(2,4)5;;/h4H,1-3H3;1-2H3;2*1H4. The van der Waals surface area contributed by atoms with E-state index < -0.39 is 5.92 Å². The molecule has 0 unspecified atom stereocenters. The molecule has 0 aliphatic carbocycles. The molecule has 0 spiro atoms. The van der Waals surface area contributed by atoms with Gasteiger partial charge in [0, 0.05) is 0 Å². The van der Waals surface area contributed by atoms with E-state index >= 15 is 0 Å². The Bertz CT molecular complexity index is 44.3. The first-order chi connectivity index (χ1) is 3.73. The first kappa shape index (κ1) is 22.4. The molecule has 0 aliphatic rings. The largest absolute Gasteiger partial charge is 0.242 e. The lowest BCUT2D eigenvalue weighted by Crippen LogP contribution is -1.98. The van der Waals surface area contributed by atoms with Crippen molar-refractivity contribution in [3.63, 3.8) is 0 Å². The van der Waals surface area contributed by atoms with Crippen LogP contribution < -0.4 is 0 Å². The van der Waals surface area contributed by atoms with Crippen LogP contribution in [0.1, 0.15) is 49.5 Å². The molecule has 0 aliphatic heterocycles. The summed E-state index contributed by atoms with van der Waals surface area (Å²) >= 11 is 0. The summed E-state index contributed by atoms with van der Waals surface area (Å²) in [6, 6.07) is 0. The minimum Gasteiger partial charge on any atom is -0.208 e. The van der Waals surface area contributed by atoms with Gasteiger partial charge in [-0.3, -0.25) is 0 Å². The van der Waals surface area contributed by atoms with Gasteiger partial charge < -0.3 is 0 Å². The molecule has 0 saturated heterocycles. The highest BCUT2D eigenvalue weighted by molar-refractivity contribution is 4.40. The van der Waals surface area contributed by atoms with Gasteiger partial charge in [-0.05, 0) is 19.8 Å². The van der Waals surface area contributed by atoms with Gasteiger partial charge in [0.25, 0.3) is 0 Å². The van der Waals surface area contributed by atoms with Gasteiger partial charge in [0.2, 0.25) is 5.92 Å². The van der Waals surface area contributed by atoms with Crippen molar-refractivity contribution in [1.29, 1.82) is 0 Å². The molecule has 11 heavy (non-hydrogen) atoms. The minimum absolute atomic E-state index is 0. The SMILES string of the molecule is C.C.CC(C)(F)F.CC(C)C. The fourth-order valence-electron chi connectivity index (χ4n) is 0. The molecule has 0 fully saturated rings. The maximum Gasteiger partial charge on any atom is 0.242 e. The third-order valence-corrected chi connectivity index (χ3v) is 0. The zero-order chi connectivity index (χ0) is 8.08. The molecule has 0 rings (SSSR count). The summed E-state index contributed by atoms with van der Waals surface area (Å²) in [5.74, 6) is -1.67. The van der Waals surface area contributed by atoms with Gasteiger partial charge in [-0.2, -0.15) is 0 Å². The molecule has 2 heteroatoms. The quantitative estimate of drug-likeness (QED) is 0.498. The molecule has 0 aromatic rings. The molecule has 0 aromatic heterocycles. The molecule has 0 heterocycles. The molecule has 0 bridgehead atoms. The average molecular weight is 170 g/mol. The lowest BCUT2D eigenvalue weighted by atomic mass is 10.3. The zero-order valence-electron chi connectivity index (χ0n) is 6.83. The van der Waals surface area contributed by atoms with Crippen molar-refractivity contribution in [3.05, 3.63) is 0 Å². The van der Waals surface area contributed by atoms with Gasteiger partial charge in [0.15, 0.2) is 0 Å². The second-order valence-electron chi connectivity index (χ2n) is 3.06. The van der Waals surface area contributed by atoms with E-state index in [-0.39, 0.29) is 14.9 Å². The fraction of sp³-hybridized carbons (Fsp3) is 1.00. The monoisotopic (exact) mass is 170 g/mol. The van der Waals surface area contributed by atoms with Crippen molar-refractivity contribution in [1.82, 2.24) is 0 Å². The van der Waals surface area contributed by atoms with Crippen LogP contribution in [-0.4, -0.2) is 5.92 Å². The Morgan fingerprint density at radius 2 is 0.909 bits per heavy atom. The van der Waals surface area contributed by atoms with E-state index in [0.717, 1.165) is 19.8 Å². The summed E-state index contributed by atoms with van der Waals surface area (Å²) in [5, 5.41) is 0. The van der Waals surface area contributed by atoms with Crippen LogP contribution in [0.15, 0.2) is 0 Å². The Labute approximate surface area is 71.0 Å². The maximum absolute atomic E-state index is 11.0. The van der Waals surface area contributed by atoms with Crippen LogP contribution in [0.2, 0.25) is 0 Å². The minimum atomic E-state index is -2.50. The molecule has 0 N–H and O–H groups in total. The summed E-state index contributed by atoms with van der Waals surface area (Å²) < 4.78 is 22.0. The smallest absolute Gasteiger partial charge is 0.208 e. The van der Waals surface area contributed by atoms with Crippen LogP contribution in [0.25, 0.3) is 0 Å². The highest BCUT2D eigenvalue weighted by Crippen LogP contribution is 2.06. The second kappa shape index (κ2) is 9.86. The number of hydrogen-bond donors (Lipinski definition) is 0. The Morgan fingerprint density at radius 3 is 0.909 bits per heavy atom. The Morgan fingerprint density at radius 1 is 0.909 bits per heavy atom. The summed E-state index contributed by atoms with van der Waals surface area (Å²) in [5.41, 5.74) is 0. The zero-order valence-corrected chi connectivity index (χ0v) is 6.83. The molecular formula is C9H24F2. The lowest BCUT2D eigenvalue weighted by Gasteiger charge is -1.94. The van der Waals surface area contributed by atoms with Crippen molar-refractivity contribution in [2.45, 2.75) is 55.4 Å². The van der Waals surface area contributed by atoms with E-state index in [4.69, 9.17) is 0 Å². The van der Waals surface area contributed by atoms with Crippen molar-refractivity contribution < 1.29 is 8.78 Å². The molecular weight excluding hydrogens is 146 g/mol. The third-order valence-electron chi connectivity index (χ3n) is 0. The van der Waals surface area contributed by atoms with Gasteiger partial charge in [0.05, 0.1) is 0 Å². The van der Waals surface area contributed by atoms with E-state index in [1.54, 1.807) is 0 Å². The predicted octanol–water partition coefficient (Wildman–Crippen LogP) is 4.60. The molecule has 0 saturated carbocycles. The summed E-state index contributed by atoms with van der Waals surface area (Å²) in [6.45, 7) is 8.21. The van der Waals surface area contributed by atoms with Gasteiger partial charge in [0.1, 0.15) is 0 Å². The molecule has 0 nitrogen and oxygen atoms in total. The Kier molecular flexibility index (Phi) is 20.1. The summed E-state index contributed by atoms with van der Waals surface area (Å²) in [7, 11) is 0. The van der Waals surface area contributed by atoms with Gasteiger partial charge >= 0.3 is 0 Å². The van der Waals surface area contributed by atoms with E-state index in [1.165, 1.54) is 0 Å². The van der Waals surface area contributed by atoms with Crippen molar-refractivity contribution in [3.8, 4) is 0 Å². The molecule has 0 amide bonds. The van der Waals surface area contributed by atoms with Crippen LogP contribution in [0.3, 0.4) is 0 Å². The van der Waals surface area contributed by atoms with E-state index in [0.29, 0.717) is 0 Å². The Hall–Kier alpha value is -0.140. The van der Waals surface area contributed by atoms with Gasteiger partial charge in [-0.25, -0.2) is 8.78 Å². The van der Waals surface area contributed by atoms with Crippen molar-refractivity contribution in [2.24, 2.45) is 5.92 Å². The number of hydrogen-bond acceptors (Lipinski definition) is 0. The molecule has 0 aromatic carbocycles. The normalized spacial score (nSPS) is 8.73. The molecule has 0 radical (unpaired) electrons. The van der Waals surface area contributed by atoms with Gasteiger partial charge in [-0.15, -0.1) is 0 Å². The predicted molar refractivity (Wildman–Crippen MR) is 50.3 cm³/mol.